The number of nitrogens with zero attached hydrogens (tertiary/aromatic N) is 1. The molecule has 1 aromatic rings. The monoisotopic (exact) mass is 253 g/mol. The summed E-state index contributed by atoms with van der Waals surface area (Å²) < 4.78 is 5.44. The largest absolute Gasteiger partial charge is 0.476 e. The second-order valence-electron chi connectivity index (χ2n) is 4.95. The number of ether oxygens (including phenoxy) is 1. The van der Waals surface area contributed by atoms with E-state index in [1.165, 1.54) is 0 Å². The van der Waals surface area contributed by atoms with E-state index >= 15 is 0 Å². The molecule has 0 aliphatic carbocycles. The minimum atomic E-state index is -0.838. The number of halogens is 1. The van der Waals surface area contributed by atoms with Crippen LogP contribution < -0.4 is 0 Å². The Bertz CT molecular complexity index is 468. The first-order valence-corrected chi connectivity index (χ1v) is 5.93. The average Bonchev–Trinajstić information content (AvgIpc) is 2.61. The molecule has 3 nitrogen and oxygen atoms in total. The molecule has 1 aliphatic heterocycles. The van der Waals surface area contributed by atoms with E-state index in [2.05, 4.69) is 4.99 Å². The van der Waals surface area contributed by atoms with Gasteiger partial charge in [-0.15, -0.1) is 0 Å². The van der Waals surface area contributed by atoms with Crippen LogP contribution in [0.2, 0.25) is 5.02 Å². The molecule has 1 aliphatic rings. The van der Waals surface area contributed by atoms with Gasteiger partial charge in [-0.1, -0.05) is 17.7 Å². The molecule has 1 heterocycles. The smallest absolute Gasteiger partial charge is 0.218 e. The summed E-state index contributed by atoms with van der Waals surface area (Å²) in [6, 6.07) is 5.43. The summed E-state index contributed by atoms with van der Waals surface area (Å²) in [5.74, 6) is 0.375. The zero-order valence-corrected chi connectivity index (χ0v) is 11.0. The lowest BCUT2D eigenvalue weighted by molar-refractivity contribution is 0.193. The Morgan fingerprint density at radius 3 is 2.76 bits per heavy atom. The number of aliphatic imine (C=N–C) groups is 1. The first kappa shape index (κ1) is 12.4. The summed E-state index contributed by atoms with van der Waals surface area (Å²) in [6.45, 7) is 6.36. The first-order chi connectivity index (χ1) is 7.89. The Balaban J connectivity index is 2.32. The van der Waals surface area contributed by atoms with Crippen LogP contribution in [0.4, 0.5) is 0 Å². The Morgan fingerprint density at radius 1 is 1.47 bits per heavy atom. The molecule has 0 radical (unpaired) electrons. The number of aliphatic hydroxyl groups is 1. The molecule has 0 saturated heterocycles. The van der Waals surface area contributed by atoms with Gasteiger partial charge in [-0.2, -0.15) is 0 Å². The maximum absolute atomic E-state index is 10.2. The van der Waals surface area contributed by atoms with Crippen LogP contribution in [0.25, 0.3) is 0 Å². The van der Waals surface area contributed by atoms with Gasteiger partial charge in [0.15, 0.2) is 6.10 Å². The third kappa shape index (κ3) is 2.61. The molecule has 0 aromatic heterocycles. The summed E-state index contributed by atoms with van der Waals surface area (Å²) in [6.07, 6.45) is -0.838. The molecule has 1 atom stereocenters. The van der Waals surface area contributed by atoms with Gasteiger partial charge in [0.1, 0.15) is 6.61 Å². The van der Waals surface area contributed by atoms with Crippen molar-refractivity contribution in [1.29, 1.82) is 0 Å². The van der Waals surface area contributed by atoms with Crippen molar-refractivity contribution in [1.82, 2.24) is 0 Å². The molecule has 1 aromatic carbocycles. The van der Waals surface area contributed by atoms with Crippen LogP contribution in [0.15, 0.2) is 23.2 Å². The Hall–Kier alpha value is -1.06. The fraction of sp³-hybridized carbons (Fsp3) is 0.462. The normalized spacial score (nSPS) is 19.7. The van der Waals surface area contributed by atoms with E-state index < -0.39 is 6.10 Å². The highest BCUT2D eigenvalue weighted by Crippen LogP contribution is 2.28. The van der Waals surface area contributed by atoms with E-state index in [9.17, 15) is 5.11 Å². The molecule has 4 heteroatoms. The number of benzene rings is 1. The van der Waals surface area contributed by atoms with E-state index in [4.69, 9.17) is 16.3 Å². The van der Waals surface area contributed by atoms with Gasteiger partial charge in [-0.3, -0.25) is 0 Å². The number of rotatable bonds is 2. The van der Waals surface area contributed by atoms with Crippen LogP contribution >= 0.6 is 11.6 Å². The van der Waals surface area contributed by atoms with Gasteiger partial charge >= 0.3 is 0 Å². The van der Waals surface area contributed by atoms with Gasteiger partial charge in [0.05, 0.1) is 5.54 Å². The lowest BCUT2D eigenvalue weighted by atomic mass is 10.0. The molecule has 1 unspecified atom stereocenters. The summed E-state index contributed by atoms with van der Waals surface area (Å²) in [4.78, 5) is 4.37. The maximum atomic E-state index is 10.2. The zero-order valence-electron chi connectivity index (χ0n) is 10.2. The van der Waals surface area contributed by atoms with Crippen LogP contribution in [-0.2, 0) is 4.74 Å². The van der Waals surface area contributed by atoms with Crippen LogP contribution in [0.1, 0.15) is 31.1 Å². The predicted octanol–water partition coefficient (Wildman–Crippen LogP) is 2.89. The van der Waals surface area contributed by atoms with E-state index in [1.54, 1.807) is 12.1 Å². The lowest BCUT2D eigenvalue weighted by Crippen LogP contribution is -2.17. The van der Waals surface area contributed by atoms with Crippen molar-refractivity contribution in [2.24, 2.45) is 4.99 Å². The van der Waals surface area contributed by atoms with Crippen molar-refractivity contribution in [2.45, 2.75) is 32.4 Å². The van der Waals surface area contributed by atoms with Gasteiger partial charge in [-0.25, -0.2) is 4.99 Å². The fourth-order valence-electron chi connectivity index (χ4n) is 1.79. The van der Waals surface area contributed by atoms with Crippen molar-refractivity contribution in [3.63, 3.8) is 0 Å². The Kier molecular flexibility index (Phi) is 3.15. The molecule has 2 rings (SSSR count). The minimum absolute atomic E-state index is 0.261. The average molecular weight is 254 g/mol. The predicted molar refractivity (Wildman–Crippen MR) is 68.6 cm³/mol. The van der Waals surface area contributed by atoms with E-state index in [0.29, 0.717) is 17.5 Å². The fourth-order valence-corrected chi connectivity index (χ4v) is 1.97. The van der Waals surface area contributed by atoms with Crippen molar-refractivity contribution in [2.75, 3.05) is 6.61 Å². The van der Waals surface area contributed by atoms with Crippen LogP contribution in [-0.4, -0.2) is 23.2 Å². The molecular weight excluding hydrogens is 238 g/mol. The number of aryl methyl sites for hydroxylation is 1. The van der Waals surface area contributed by atoms with Crippen molar-refractivity contribution >= 4 is 17.5 Å². The zero-order chi connectivity index (χ0) is 12.6. The van der Waals surface area contributed by atoms with Crippen molar-refractivity contribution in [3.8, 4) is 0 Å². The topological polar surface area (TPSA) is 41.8 Å². The van der Waals surface area contributed by atoms with Crippen molar-refractivity contribution in [3.05, 3.63) is 34.3 Å². The molecule has 0 amide bonds. The molecule has 92 valence electrons. The molecular formula is C13H16ClNO2. The Labute approximate surface area is 106 Å². The second-order valence-corrected chi connectivity index (χ2v) is 5.39. The van der Waals surface area contributed by atoms with Crippen LogP contribution in [0.3, 0.4) is 0 Å². The van der Waals surface area contributed by atoms with Crippen molar-refractivity contribution < 1.29 is 9.84 Å². The van der Waals surface area contributed by atoms with Gasteiger partial charge < -0.3 is 9.84 Å². The van der Waals surface area contributed by atoms with Gasteiger partial charge in [0.25, 0.3) is 0 Å². The van der Waals surface area contributed by atoms with Gasteiger partial charge in [0, 0.05) is 5.02 Å². The van der Waals surface area contributed by atoms with E-state index in [-0.39, 0.29) is 5.54 Å². The molecule has 0 spiro atoms. The quantitative estimate of drug-likeness (QED) is 0.881. The third-order valence-corrected chi connectivity index (χ3v) is 2.99. The van der Waals surface area contributed by atoms with Gasteiger partial charge in [-0.05, 0) is 44.0 Å². The molecule has 17 heavy (non-hydrogen) atoms. The van der Waals surface area contributed by atoms with E-state index in [0.717, 1.165) is 11.1 Å². The standard InChI is InChI=1S/C13H16ClNO2/c1-8-4-5-9(14)6-10(8)11(16)12-15-13(2,3)7-17-12/h4-6,11,16H,7H2,1-3H3. The molecule has 0 fully saturated rings. The Morgan fingerprint density at radius 2 is 2.18 bits per heavy atom. The highest BCUT2D eigenvalue weighted by Gasteiger charge is 2.31. The molecule has 1 N–H and O–H groups in total. The van der Waals surface area contributed by atoms with Crippen LogP contribution in [0.5, 0.6) is 0 Å². The number of hydrogen-bond acceptors (Lipinski definition) is 3. The second kappa shape index (κ2) is 4.31. The molecule has 0 bridgehead atoms. The summed E-state index contributed by atoms with van der Waals surface area (Å²) in [5.41, 5.74) is 1.45. The lowest BCUT2D eigenvalue weighted by Gasteiger charge is -2.13. The van der Waals surface area contributed by atoms with Gasteiger partial charge in [0.2, 0.25) is 5.90 Å². The minimum Gasteiger partial charge on any atom is -0.476 e. The maximum Gasteiger partial charge on any atom is 0.218 e. The highest BCUT2D eigenvalue weighted by atomic mass is 35.5. The first-order valence-electron chi connectivity index (χ1n) is 5.56. The third-order valence-electron chi connectivity index (χ3n) is 2.76. The van der Waals surface area contributed by atoms with E-state index in [1.807, 2.05) is 26.8 Å². The number of aliphatic hydroxyl groups excluding tert-OH is 1. The SMILES string of the molecule is Cc1ccc(Cl)cc1C(O)C1=NC(C)(C)CO1. The molecule has 0 saturated carbocycles. The summed E-state index contributed by atoms with van der Waals surface area (Å²) >= 11 is 5.93. The summed E-state index contributed by atoms with van der Waals surface area (Å²) in [5, 5.41) is 10.8. The van der Waals surface area contributed by atoms with Crippen LogP contribution in [0, 0.1) is 6.92 Å². The summed E-state index contributed by atoms with van der Waals surface area (Å²) in [7, 11) is 0. The number of hydrogen-bond donors (Lipinski definition) is 1. The highest BCUT2D eigenvalue weighted by molar-refractivity contribution is 6.30.